The van der Waals surface area contributed by atoms with Gasteiger partial charge >= 0.3 is 0 Å². The Morgan fingerprint density at radius 1 is 0.451 bits per heavy atom. The van der Waals surface area contributed by atoms with E-state index in [1.54, 1.807) is 57.7 Å². The van der Waals surface area contributed by atoms with E-state index in [1.807, 2.05) is 65.2 Å². The molecule has 0 radical (unpaired) electrons. The van der Waals surface area contributed by atoms with Gasteiger partial charge in [0.25, 0.3) is 6.33 Å². The van der Waals surface area contributed by atoms with Crippen LogP contribution in [0.2, 0.25) is 0 Å². The average molecular weight is 1220 g/mol. The van der Waals surface area contributed by atoms with Gasteiger partial charge in [0.05, 0.1) is 60.9 Å². The molecule has 5 nitrogen and oxygen atoms in total. The van der Waals surface area contributed by atoms with E-state index in [2.05, 4.69) is 99.0 Å². The number of fused-ring (bicyclic) bond motifs is 4. The van der Waals surface area contributed by atoms with Crippen LogP contribution in [0.15, 0.2) is 279 Å². The first-order chi connectivity index (χ1) is 53.4. The molecule has 0 spiro atoms. The van der Waals surface area contributed by atoms with Crippen molar-refractivity contribution < 1.29 is 40.8 Å². The third-order valence-electron chi connectivity index (χ3n) is 16.8. The first-order valence-corrected chi connectivity index (χ1v) is 31.9. The number of para-hydroxylation sites is 2. The molecule has 0 N–H and O–H groups in total. The number of aromatic nitrogens is 4. The van der Waals surface area contributed by atoms with Gasteiger partial charge in [-0.2, -0.15) is 0 Å². The van der Waals surface area contributed by atoms with Gasteiger partial charge in [-0.1, -0.05) is 286 Å². The highest BCUT2D eigenvalue weighted by molar-refractivity contribution is 7.20. The summed E-state index contributed by atoms with van der Waals surface area (Å²) in [5, 5.41) is -0.674. The first kappa shape index (κ1) is 37.8. The van der Waals surface area contributed by atoms with Gasteiger partial charge in [0.15, 0.2) is 8.07 Å². The molecule has 0 atom stereocenters. The van der Waals surface area contributed by atoms with E-state index in [4.69, 9.17) is 24.8 Å². The number of benzene rings is 11. The molecule has 0 amide bonds. The lowest BCUT2D eigenvalue weighted by atomic mass is 9.78. The molecule has 91 heavy (non-hydrogen) atoms. The Morgan fingerprint density at radius 3 is 1.66 bits per heavy atom. The van der Waals surface area contributed by atoms with Gasteiger partial charge in [-0.3, -0.25) is 13.7 Å². The van der Waals surface area contributed by atoms with Crippen LogP contribution in [0.1, 0.15) is 116 Å². The van der Waals surface area contributed by atoms with Crippen LogP contribution in [-0.2, 0) is 16.2 Å². The number of hydrogen-bond acceptors (Lipinski definition) is 2. The zero-order chi connectivity index (χ0) is 82.7. The fraction of sp³-hybridized carbons (Fsp3) is 0.153. The molecule has 0 aliphatic rings. The maximum absolute atomic E-state index is 9.96. The third-order valence-corrected chi connectivity index (χ3v) is 21.0. The fourth-order valence-corrected chi connectivity index (χ4v) is 15.9. The minimum atomic E-state index is -5.73. The summed E-state index contributed by atoms with van der Waals surface area (Å²) in [6, 6.07) is 29.7. The molecular weight excluding hydrogens is 1120 g/mol. The Bertz CT molecular complexity index is 6110. The molecule has 0 aliphatic carbocycles. The first-order valence-electron chi connectivity index (χ1n) is 41.4. The normalized spacial score (nSPS) is 16.0. The van der Waals surface area contributed by atoms with Crippen LogP contribution in [0.3, 0.4) is 0 Å². The average Bonchev–Trinajstić information content (AvgIpc) is 0.805. The molecule has 3 heterocycles. The van der Waals surface area contributed by atoms with E-state index in [0.29, 0.717) is 33.3 Å². The number of imidazole rings is 1. The summed E-state index contributed by atoms with van der Waals surface area (Å²) in [6.45, 7) is 16.4. The van der Waals surface area contributed by atoms with Crippen molar-refractivity contribution >= 4 is 61.7 Å². The van der Waals surface area contributed by atoms with Crippen LogP contribution >= 0.6 is 0 Å². The lowest BCUT2D eigenvalue weighted by Gasteiger charge is -2.34. The predicted molar refractivity (Wildman–Crippen MR) is 383 cm³/mol. The van der Waals surface area contributed by atoms with E-state index in [0.717, 1.165) is 44.3 Å². The fourth-order valence-electron chi connectivity index (χ4n) is 12.1. The number of ether oxygens (including phenoxy) is 1. The van der Waals surface area contributed by atoms with Gasteiger partial charge in [-0.15, -0.1) is 0 Å². The Morgan fingerprint density at radius 2 is 1.02 bits per heavy atom. The number of rotatable bonds is 12. The largest absolute Gasteiger partial charge is 0.458 e. The second-order valence-electron chi connectivity index (χ2n) is 25.8. The summed E-state index contributed by atoms with van der Waals surface area (Å²) >= 11 is 0. The number of nitrogens with zero attached hydrogens (tertiary/aromatic N) is 4. The van der Waals surface area contributed by atoms with Crippen LogP contribution in [0, 0.1) is 13.2 Å². The highest BCUT2D eigenvalue weighted by Gasteiger charge is 2.42. The molecule has 14 rings (SSSR count). The van der Waals surface area contributed by atoms with Gasteiger partial charge in [0, 0.05) is 32.7 Å². The van der Waals surface area contributed by atoms with Crippen LogP contribution in [0.4, 0.5) is 0 Å². The molecule has 0 unspecified atom stereocenters. The number of pyridine rings is 1. The number of hydrogen-bond donors (Lipinski definition) is 0. The van der Waals surface area contributed by atoms with Crippen molar-refractivity contribution in [3.05, 3.63) is 307 Å². The van der Waals surface area contributed by atoms with E-state index in [-0.39, 0.29) is 61.0 Å². The van der Waals surface area contributed by atoms with Crippen LogP contribution < -0.4 is 30.1 Å². The van der Waals surface area contributed by atoms with Crippen molar-refractivity contribution in [3.8, 4) is 62.1 Å². The number of aryl methyl sites for hydroxylation is 1. The molecule has 0 aliphatic heterocycles. The maximum Gasteiger partial charge on any atom is 0.269 e. The zero-order valence-electron chi connectivity index (χ0n) is 74.7. The molecule has 0 saturated heterocycles. The van der Waals surface area contributed by atoms with Crippen LogP contribution in [0.5, 0.6) is 11.5 Å². The Labute approximate surface area is 569 Å². The summed E-state index contributed by atoms with van der Waals surface area (Å²) in [5.74, 6) is 0.613. The monoisotopic (exact) mass is 1220 g/mol. The minimum absolute atomic E-state index is 0.116. The lowest BCUT2D eigenvalue weighted by Crippen LogP contribution is -2.74. The maximum atomic E-state index is 9.96. The van der Waals surface area contributed by atoms with Crippen LogP contribution in [-0.4, -0.2) is 22.2 Å². The second kappa shape index (κ2) is 23.0. The molecule has 3 aromatic heterocycles. The van der Waals surface area contributed by atoms with Crippen molar-refractivity contribution in [2.45, 2.75) is 85.4 Å². The molecule has 0 bridgehead atoms. The minimum Gasteiger partial charge on any atom is -0.458 e. The smallest absolute Gasteiger partial charge is 0.269 e. The van der Waals surface area contributed by atoms with Gasteiger partial charge in [0.2, 0.25) is 0 Å². The summed E-state index contributed by atoms with van der Waals surface area (Å²) in [7, 11) is -5.73. The van der Waals surface area contributed by atoms with E-state index in [9.17, 15) is 16.4 Å². The highest BCUT2D eigenvalue weighted by atomic mass is 28.3. The van der Waals surface area contributed by atoms with Crippen molar-refractivity contribution in [1.82, 2.24) is 14.1 Å². The van der Waals surface area contributed by atoms with E-state index < -0.39 is 151 Å². The van der Waals surface area contributed by atoms with Gasteiger partial charge in [0.1, 0.15) is 17.3 Å². The molecule has 0 saturated carbocycles. The standard InChI is InChI=1S/C85H76N4OSi/c1-58-48-81(86-56-76(58)59-28-15-11-16-29-59)89-77-43-24-23-40-74(77)75-46-44-67(54-79(75)89)90-66-33-26-32-65(53-66)87-57-88(78-47-45-71(55-80(78)87)91(68-34-17-12-18-35-68,69-36-19-13-20-37-69)70-38-21-14-22-39-70)82-72(60-30-25-31-62(49-60)83(2,3)4)41-27-42-73(82)61-50-63(84(5,6)7)52-64(51-61)85(8,9)10/h11-56H,1-10H3/i1D3,11D,12D,13D,14D,15D,16D,17D,18D,19D,20D,21D,22D,28D,29D,34D,35D,36D,37D,38D,39D. The summed E-state index contributed by atoms with van der Waals surface area (Å²) in [5.41, 5.74) is 7.02. The van der Waals surface area contributed by atoms with Crippen molar-refractivity contribution in [2.75, 3.05) is 0 Å². The predicted octanol–water partition coefficient (Wildman–Crippen LogP) is 18.6. The van der Waals surface area contributed by atoms with Crippen LogP contribution in [0.25, 0.3) is 83.4 Å². The van der Waals surface area contributed by atoms with Crippen molar-refractivity contribution in [2.24, 2.45) is 0 Å². The quantitative estimate of drug-likeness (QED) is 0.0529. The summed E-state index contributed by atoms with van der Waals surface area (Å²) in [6.07, 6.45) is 4.94. The Balaban J connectivity index is 1.09. The molecule has 11 aromatic carbocycles. The molecular formula is C85H76N4OSi. The van der Waals surface area contributed by atoms with Gasteiger partial charge in [-0.25, -0.2) is 4.98 Å². The Hall–Kier alpha value is -10.1. The van der Waals surface area contributed by atoms with Crippen molar-refractivity contribution in [3.63, 3.8) is 0 Å². The molecule has 6 heteroatoms. The summed E-state index contributed by atoms with van der Waals surface area (Å²) < 4.78 is 224. The molecule has 446 valence electrons. The Kier molecular flexibility index (Phi) is 9.55. The molecule has 14 aromatic rings. The van der Waals surface area contributed by atoms with Crippen molar-refractivity contribution in [1.29, 1.82) is 0 Å². The van der Waals surface area contributed by atoms with Gasteiger partial charge in [-0.05, 0) is 136 Å². The zero-order valence-corrected chi connectivity index (χ0v) is 52.7. The highest BCUT2D eigenvalue weighted by Crippen LogP contribution is 2.41. The SMILES string of the molecule is [2H]c1c([2H])c([2H])c(-c2cnc(-n3c4ccccc4c4ccc(Oc5cccc(-n6[c-][n+](-c7c(-c8cccc(C(C)(C)C)c8)cccc7-c7cc(C(C)(C)C)cc(C(C)(C)C)c7)c7ccc([Si](c8c([2H])c([2H])c([2H])c([2H])c8[2H])(c8c([2H])c([2H])c([2H])c([2H])c8[2H])c8c([2H])c([2H])c([2H])c([2H])c8[2H])cc76)c5)cc43)cc2C([2H])([2H])[2H])c([2H])c1[2H]. The lowest BCUT2D eigenvalue weighted by molar-refractivity contribution is -0.571. The van der Waals surface area contributed by atoms with E-state index >= 15 is 0 Å². The van der Waals surface area contributed by atoms with Gasteiger partial charge < -0.3 is 4.74 Å². The molecule has 0 fully saturated rings. The topological polar surface area (TPSA) is 35.9 Å². The second-order valence-corrected chi connectivity index (χ2v) is 29.4. The summed E-state index contributed by atoms with van der Waals surface area (Å²) in [4.78, 5) is 4.76. The van der Waals surface area contributed by atoms with E-state index in [1.165, 1.54) is 18.3 Å². The third kappa shape index (κ3) is 10.8.